The minimum Gasteiger partial charge on any atom is -0.443 e. The topological polar surface area (TPSA) is 29.5 Å². The second kappa shape index (κ2) is 4.81. The molecule has 18 heavy (non-hydrogen) atoms. The number of rotatable bonds is 1. The predicted octanol–water partition coefficient (Wildman–Crippen LogP) is 3.76. The number of amides is 1. The molecule has 1 aliphatic rings. The lowest BCUT2D eigenvalue weighted by molar-refractivity contribution is 0.0582. The zero-order valence-corrected chi connectivity index (χ0v) is 11.7. The first-order valence-corrected chi connectivity index (χ1v) is 6.61. The highest BCUT2D eigenvalue weighted by molar-refractivity contribution is 6.18. The molecule has 1 aliphatic heterocycles. The van der Waals surface area contributed by atoms with Gasteiger partial charge in [-0.1, -0.05) is 18.2 Å². The van der Waals surface area contributed by atoms with Gasteiger partial charge >= 0.3 is 6.09 Å². The second-order valence-corrected chi connectivity index (χ2v) is 5.81. The first-order valence-electron chi connectivity index (χ1n) is 6.08. The molecule has 0 radical (unpaired) electrons. The lowest BCUT2D eigenvalue weighted by Gasteiger charge is -2.25. The molecule has 4 heteroatoms. The molecule has 0 bridgehead atoms. The van der Waals surface area contributed by atoms with Crippen LogP contribution in [0.5, 0.6) is 0 Å². The SMILES string of the molecule is CC(C)(C)OC(=O)N1CC(CCl)c2ccccc21. The van der Waals surface area contributed by atoms with Crippen LogP contribution in [0.3, 0.4) is 0 Å². The number of benzene rings is 1. The Balaban J connectivity index is 2.24. The molecular weight excluding hydrogens is 250 g/mol. The summed E-state index contributed by atoms with van der Waals surface area (Å²) in [6, 6.07) is 7.85. The van der Waals surface area contributed by atoms with Gasteiger partial charge in [-0.25, -0.2) is 4.79 Å². The second-order valence-electron chi connectivity index (χ2n) is 5.50. The fourth-order valence-electron chi connectivity index (χ4n) is 2.12. The molecule has 0 spiro atoms. The van der Waals surface area contributed by atoms with Gasteiger partial charge in [-0.3, -0.25) is 4.90 Å². The summed E-state index contributed by atoms with van der Waals surface area (Å²) in [6.07, 6.45) is -0.303. The van der Waals surface area contributed by atoms with E-state index < -0.39 is 5.60 Å². The van der Waals surface area contributed by atoms with Crippen molar-refractivity contribution in [2.75, 3.05) is 17.3 Å². The van der Waals surface area contributed by atoms with E-state index in [1.165, 1.54) is 0 Å². The van der Waals surface area contributed by atoms with Gasteiger partial charge in [0.1, 0.15) is 5.60 Å². The number of anilines is 1. The molecule has 1 heterocycles. The van der Waals surface area contributed by atoms with E-state index in [0.717, 1.165) is 11.3 Å². The number of para-hydroxylation sites is 1. The number of carbonyl (C=O) groups is 1. The van der Waals surface area contributed by atoms with Crippen LogP contribution in [0.4, 0.5) is 10.5 Å². The summed E-state index contributed by atoms with van der Waals surface area (Å²) in [4.78, 5) is 13.8. The quantitative estimate of drug-likeness (QED) is 0.725. The van der Waals surface area contributed by atoms with E-state index in [9.17, 15) is 4.79 Å². The average Bonchev–Trinajstić information content (AvgIpc) is 2.65. The van der Waals surface area contributed by atoms with Crippen LogP contribution in [-0.4, -0.2) is 24.1 Å². The highest BCUT2D eigenvalue weighted by Gasteiger charge is 2.33. The third kappa shape index (κ3) is 2.61. The van der Waals surface area contributed by atoms with Crippen LogP contribution < -0.4 is 4.90 Å². The van der Waals surface area contributed by atoms with Gasteiger partial charge in [0.25, 0.3) is 0 Å². The molecule has 98 valence electrons. The van der Waals surface area contributed by atoms with Gasteiger partial charge in [0, 0.05) is 18.3 Å². The lowest BCUT2D eigenvalue weighted by atomic mass is 10.0. The van der Waals surface area contributed by atoms with Crippen LogP contribution in [0, 0.1) is 0 Å². The number of hydrogen-bond acceptors (Lipinski definition) is 2. The van der Waals surface area contributed by atoms with Crippen molar-refractivity contribution in [3.8, 4) is 0 Å². The van der Waals surface area contributed by atoms with Gasteiger partial charge in [0.15, 0.2) is 0 Å². The van der Waals surface area contributed by atoms with Crippen molar-refractivity contribution in [2.45, 2.75) is 32.3 Å². The standard InChI is InChI=1S/C14H18ClNO2/c1-14(2,3)18-13(17)16-9-10(8-15)11-6-4-5-7-12(11)16/h4-7,10H,8-9H2,1-3H3. The van der Waals surface area contributed by atoms with Gasteiger partial charge in [-0.15, -0.1) is 11.6 Å². The number of ether oxygens (including phenoxy) is 1. The first kappa shape index (κ1) is 13.2. The molecule has 0 fully saturated rings. The maximum atomic E-state index is 12.1. The number of hydrogen-bond donors (Lipinski definition) is 0. The van der Waals surface area contributed by atoms with Crippen molar-refractivity contribution in [1.82, 2.24) is 0 Å². The van der Waals surface area contributed by atoms with Crippen molar-refractivity contribution in [3.63, 3.8) is 0 Å². The molecule has 0 saturated carbocycles. The highest BCUT2D eigenvalue weighted by atomic mass is 35.5. The van der Waals surface area contributed by atoms with Gasteiger partial charge in [0.2, 0.25) is 0 Å². The van der Waals surface area contributed by atoms with Crippen molar-refractivity contribution in [3.05, 3.63) is 29.8 Å². The van der Waals surface area contributed by atoms with E-state index in [0.29, 0.717) is 12.4 Å². The minimum atomic E-state index is -0.481. The molecule has 1 aromatic carbocycles. The molecule has 3 nitrogen and oxygen atoms in total. The Morgan fingerprint density at radius 2 is 2.11 bits per heavy atom. The van der Waals surface area contributed by atoms with E-state index in [1.54, 1.807) is 4.90 Å². The Morgan fingerprint density at radius 3 is 2.72 bits per heavy atom. The molecule has 1 atom stereocenters. The molecular formula is C14H18ClNO2. The maximum absolute atomic E-state index is 12.1. The number of alkyl halides is 1. The lowest BCUT2D eigenvalue weighted by Crippen LogP contribution is -2.36. The average molecular weight is 268 g/mol. The molecule has 0 aliphatic carbocycles. The molecule has 0 aromatic heterocycles. The Hall–Kier alpha value is -1.22. The zero-order chi connectivity index (χ0) is 13.3. The number of carbonyl (C=O) groups excluding carboxylic acids is 1. The Labute approximate surface area is 113 Å². The van der Waals surface area contributed by atoms with E-state index in [4.69, 9.17) is 16.3 Å². The van der Waals surface area contributed by atoms with Crippen LogP contribution in [0.2, 0.25) is 0 Å². The van der Waals surface area contributed by atoms with Crippen molar-refractivity contribution >= 4 is 23.4 Å². The summed E-state index contributed by atoms with van der Waals surface area (Å²) < 4.78 is 5.42. The summed E-state index contributed by atoms with van der Waals surface area (Å²) >= 11 is 5.96. The zero-order valence-electron chi connectivity index (χ0n) is 10.9. The van der Waals surface area contributed by atoms with Crippen molar-refractivity contribution in [2.24, 2.45) is 0 Å². The maximum Gasteiger partial charge on any atom is 0.414 e. The molecule has 0 saturated heterocycles. The summed E-state index contributed by atoms with van der Waals surface area (Å²) in [5.41, 5.74) is 1.56. The Kier molecular flexibility index (Phi) is 3.53. The smallest absolute Gasteiger partial charge is 0.414 e. The van der Waals surface area contributed by atoms with E-state index in [-0.39, 0.29) is 12.0 Å². The molecule has 1 aromatic rings. The van der Waals surface area contributed by atoms with E-state index in [1.807, 2.05) is 45.0 Å². The molecule has 1 unspecified atom stereocenters. The van der Waals surface area contributed by atoms with Crippen LogP contribution in [0.15, 0.2) is 24.3 Å². The first-order chi connectivity index (χ1) is 8.42. The molecule has 0 N–H and O–H groups in total. The monoisotopic (exact) mass is 267 g/mol. The number of halogens is 1. The number of nitrogens with zero attached hydrogens (tertiary/aromatic N) is 1. The minimum absolute atomic E-state index is 0.190. The van der Waals surface area contributed by atoms with Gasteiger partial charge in [-0.2, -0.15) is 0 Å². The van der Waals surface area contributed by atoms with E-state index in [2.05, 4.69) is 0 Å². The summed E-state index contributed by atoms with van der Waals surface area (Å²) in [5.74, 6) is 0.700. The normalized spacial score (nSPS) is 18.7. The third-order valence-electron chi connectivity index (χ3n) is 2.87. The summed E-state index contributed by atoms with van der Waals surface area (Å²) in [6.45, 7) is 6.20. The largest absolute Gasteiger partial charge is 0.443 e. The van der Waals surface area contributed by atoms with Crippen LogP contribution in [-0.2, 0) is 4.74 Å². The molecule has 2 rings (SSSR count). The van der Waals surface area contributed by atoms with Crippen molar-refractivity contribution in [1.29, 1.82) is 0 Å². The van der Waals surface area contributed by atoms with Crippen molar-refractivity contribution < 1.29 is 9.53 Å². The van der Waals surface area contributed by atoms with Crippen LogP contribution in [0.25, 0.3) is 0 Å². The third-order valence-corrected chi connectivity index (χ3v) is 3.24. The van der Waals surface area contributed by atoms with E-state index >= 15 is 0 Å². The number of fused-ring (bicyclic) bond motifs is 1. The van der Waals surface area contributed by atoms with Crippen LogP contribution in [0.1, 0.15) is 32.3 Å². The summed E-state index contributed by atoms with van der Waals surface area (Å²) in [5, 5.41) is 0. The summed E-state index contributed by atoms with van der Waals surface area (Å²) in [7, 11) is 0. The fraction of sp³-hybridized carbons (Fsp3) is 0.500. The Bertz CT molecular complexity index is 453. The van der Waals surface area contributed by atoms with Gasteiger partial charge < -0.3 is 4.74 Å². The Morgan fingerprint density at radius 1 is 1.44 bits per heavy atom. The van der Waals surface area contributed by atoms with Gasteiger partial charge in [0.05, 0.1) is 5.69 Å². The fourth-order valence-corrected chi connectivity index (χ4v) is 2.38. The van der Waals surface area contributed by atoms with Crippen LogP contribution >= 0.6 is 11.6 Å². The molecule has 1 amide bonds. The predicted molar refractivity (Wildman–Crippen MR) is 73.5 cm³/mol. The highest BCUT2D eigenvalue weighted by Crippen LogP contribution is 2.37. The van der Waals surface area contributed by atoms with Gasteiger partial charge in [-0.05, 0) is 32.4 Å².